The molecule has 0 aromatic rings. The molecule has 5 heteroatoms. The second-order valence-electron chi connectivity index (χ2n) is 0.962. The van der Waals surface area contributed by atoms with Gasteiger partial charge in [-0.2, -0.15) is 0 Å². The maximum absolute atomic E-state index is 7.50. The molecule has 0 aliphatic heterocycles. The third-order valence-electron chi connectivity index (χ3n) is 0.556. The van der Waals surface area contributed by atoms with E-state index >= 15 is 0 Å². The Balaban J connectivity index is -0.0000000239. The van der Waals surface area contributed by atoms with Crippen LogP contribution in [0.4, 0.5) is 0 Å². The molecule has 0 aromatic carbocycles. The Labute approximate surface area is 114 Å². The van der Waals surface area contributed by atoms with Crippen molar-refractivity contribution in [3.63, 3.8) is 0 Å². The van der Waals surface area contributed by atoms with Gasteiger partial charge in [0.2, 0.25) is 0 Å². The first kappa shape index (κ1) is 29.2. The van der Waals surface area contributed by atoms with Gasteiger partial charge in [0.15, 0.2) is 0 Å². The Hall–Kier alpha value is 0.388. The molecule has 1 aliphatic carbocycles. The van der Waals surface area contributed by atoms with Gasteiger partial charge in [0.25, 0.3) is 0 Å². The van der Waals surface area contributed by atoms with Gasteiger partial charge in [-0.1, -0.05) is 24.3 Å². The summed E-state index contributed by atoms with van der Waals surface area (Å²) in [5.74, 6) is 0. The average Bonchev–Trinajstić information content (AvgIpc) is 2.71. The van der Waals surface area contributed by atoms with Gasteiger partial charge >= 0.3 is 33.9 Å². The summed E-state index contributed by atoms with van der Waals surface area (Å²) in [5.41, 5.74) is 0. The molecule has 0 fully saturated rings. The monoisotopic (exact) mass is 356 g/mol. The summed E-state index contributed by atoms with van der Waals surface area (Å²) in [6.45, 7) is 13.5. The van der Waals surface area contributed by atoms with Gasteiger partial charge in [0.05, 0.1) is 0 Å². The smallest absolute Gasteiger partial charge is 0.00506 e. The van der Waals surface area contributed by atoms with Crippen LogP contribution in [0, 0.1) is 26.4 Å². The normalized spacial score (nSPS) is 7.23. The van der Waals surface area contributed by atoms with Crippen molar-refractivity contribution in [2.75, 3.05) is 0 Å². The molecule has 0 N–H and O–H groups in total. The largest absolute Gasteiger partial charge is 0.0767 e. The molecule has 0 aromatic heterocycles. The molecule has 3 nitrogen and oxygen atoms in total. The van der Waals surface area contributed by atoms with Crippen LogP contribution in [0.3, 0.4) is 0 Å². The van der Waals surface area contributed by atoms with E-state index in [4.69, 9.17) is 14.0 Å². The van der Waals surface area contributed by atoms with Crippen LogP contribution in [0.25, 0.3) is 0 Å². The van der Waals surface area contributed by atoms with E-state index in [9.17, 15) is 0 Å². The van der Waals surface area contributed by atoms with Crippen LogP contribution in [0.2, 0.25) is 0 Å². The molecule has 0 heterocycles. The summed E-state index contributed by atoms with van der Waals surface area (Å²) >= 11 is 0. The SMILES string of the molecule is [C-]#[O+].[C-]#[O+].[C-]#[O+].[CH]1C=CC=C1.[Na].[W]. The van der Waals surface area contributed by atoms with Crippen molar-refractivity contribution in [1.82, 2.24) is 0 Å². The van der Waals surface area contributed by atoms with E-state index in [0.717, 1.165) is 0 Å². The second kappa shape index (κ2) is 55.3. The first-order chi connectivity index (χ1) is 5.50. The van der Waals surface area contributed by atoms with Crippen LogP contribution in [0.1, 0.15) is 0 Å². The Morgan fingerprint density at radius 1 is 0.615 bits per heavy atom. The molecule has 0 unspecified atom stereocenters. The topological polar surface area (TPSA) is 59.7 Å². The van der Waals surface area contributed by atoms with E-state index in [1.54, 1.807) is 0 Å². The van der Waals surface area contributed by atoms with Crippen LogP contribution < -0.4 is 0 Å². The third kappa shape index (κ3) is 46.0. The van der Waals surface area contributed by atoms with Gasteiger partial charge in [0.1, 0.15) is 0 Å². The number of allylic oxidation sites excluding steroid dienone is 4. The zero-order valence-electron chi connectivity index (χ0n) is 7.02. The molecule has 1 rings (SSSR count). The quantitative estimate of drug-likeness (QED) is 0.351. The molecule has 0 amide bonds. The molecule has 2 radical (unpaired) electrons. The van der Waals surface area contributed by atoms with Crippen molar-refractivity contribution in [3.05, 3.63) is 50.7 Å². The maximum Gasteiger partial charge on any atom is 0.00506 e. The van der Waals surface area contributed by atoms with Gasteiger partial charge in [-0.3, -0.25) is 0 Å². The Kier molecular flexibility index (Phi) is 124. The molecular formula is C8H5NaO3W. The van der Waals surface area contributed by atoms with Gasteiger partial charge in [-0.25, -0.2) is 0 Å². The summed E-state index contributed by atoms with van der Waals surface area (Å²) in [7, 11) is 0. The van der Waals surface area contributed by atoms with Crippen molar-refractivity contribution in [3.8, 4) is 0 Å². The van der Waals surface area contributed by atoms with E-state index in [-0.39, 0.29) is 50.6 Å². The maximum atomic E-state index is 7.50. The van der Waals surface area contributed by atoms with Crippen molar-refractivity contribution < 1.29 is 35.0 Å². The molecule has 1 aliphatic rings. The van der Waals surface area contributed by atoms with Crippen LogP contribution >= 0.6 is 0 Å². The van der Waals surface area contributed by atoms with E-state index < -0.39 is 0 Å². The Morgan fingerprint density at radius 3 is 0.923 bits per heavy atom. The van der Waals surface area contributed by atoms with Gasteiger partial charge in [0, 0.05) is 57.0 Å². The zero-order chi connectivity index (χ0) is 9.54. The summed E-state index contributed by atoms with van der Waals surface area (Å²) in [6, 6.07) is 0. The molecule has 0 bridgehead atoms. The van der Waals surface area contributed by atoms with Crippen molar-refractivity contribution in [1.29, 1.82) is 0 Å². The molecule has 0 saturated carbocycles. The van der Waals surface area contributed by atoms with Crippen molar-refractivity contribution in [2.45, 2.75) is 0 Å². The molecule has 13 heavy (non-hydrogen) atoms. The van der Waals surface area contributed by atoms with E-state index in [1.165, 1.54) is 0 Å². The standard InChI is InChI=1S/C5H5.3CO.Na.W/c1-2-4-5-3-1;3*1-2;;/h1-5H;;;;;. The average molecular weight is 356 g/mol. The molecule has 0 saturated heterocycles. The van der Waals surface area contributed by atoms with Crippen molar-refractivity contribution in [2.24, 2.45) is 0 Å². The second-order valence-corrected chi connectivity index (χ2v) is 0.962. The van der Waals surface area contributed by atoms with Gasteiger partial charge in [-0.15, -0.1) is 0 Å². The summed E-state index contributed by atoms with van der Waals surface area (Å²) in [4.78, 5) is 0. The summed E-state index contributed by atoms with van der Waals surface area (Å²) in [5, 5.41) is 0. The summed E-state index contributed by atoms with van der Waals surface area (Å²) in [6.07, 6.45) is 10.0. The minimum atomic E-state index is 0. The van der Waals surface area contributed by atoms with Crippen LogP contribution in [0.5, 0.6) is 0 Å². The third-order valence-corrected chi connectivity index (χ3v) is 0.556. The fourth-order valence-electron chi connectivity index (χ4n) is 0.321. The zero-order valence-corrected chi connectivity index (χ0v) is 12.0. The van der Waals surface area contributed by atoms with Crippen molar-refractivity contribution >= 4 is 29.6 Å². The van der Waals surface area contributed by atoms with Gasteiger partial charge < -0.3 is 0 Å². The first-order valence-electron chi connectivity index (χ1n) is 2.28. The Morgan fingerprint density at radius 2 is 0.846 bits per heavy atom. The molecule has 0 atom stereocenters. The minimum absolute atomic E-state index is 0. The fraction of sp³-hybridized carbons (Fsp3) is 0. The van der Waals surface area contributed by atoms with E-state index in [2.05, 4.69) is 20.0 Å². The molecule has 62 valence electrons. The van der Waals surface area contributed by atoms with Crippen LogP contribution in [-0.4, -0.2) is 29.6 Å². The Bertz CT molecular complexity index is 146. The van der Waals surface area contributed by atoms with Crippen LogP contribution in [0.15, 0.2) is 24.3 Å². The van der Waals surface area contributed by atoms with E-state index in [1.807, 2.05) is 30.7 Å². The van der Waals surface area contributed by atoms with Crippen LogP contribution in [-0.2, 0) is 35.0 Å². The number of hydrogen-bond acceptors (Lipinski definition) is 0. The van der Waals surface area contributed by atoms with Gasteiger partial charge in [-0.05, 0) is 0 Å². The number of rotatable bonds is 0. The predicted octanol–water partition coefficient (Wildman–Crippen LogP) is 0.821. The minimum Gasteiger partial charge on any atom is -0.0767 e. The molecular weight excluding hydrogens is 351 g/mol. The molecule has 0 spiro atoms. The van der Waals surface area contributed by atoms with E-state index in [0.29, 0.717) is 0 Å². The predicted molar refractivity (Wildman–Crippen MR) is 40.1 cm³/mol. The summed E-state index contributed by atoms with van der Waals surface area (Å²) < 4.78 is 22.5. The number of hydrogen-bond donors (Lipinski definition) is 0. The fourth-order valence-corrected chi connectivity index (χ4v) is 0.321. The first-order valence-corrected chi connectivity index (χ1v) is 2.28.